The molecule has 0 amide bonds. The summed E-state index contributed by atoms with van der Waals surface area (Å²) >= 11 is 2.81. The summed E-state index contributed by atoms with van der Waals surface area (Å²) in [4.78, 5) is 9.68. The van der Waals surface area contributed by atoms with E-state index in [1.807, 2.05) is 0 Å². The Labute approximate surface area is 49.0 Å². The van der Waals surface area contributed by atoms with E-state index in [2.05, 4.69) is 15.9 Å². The number of rotatable bonds is 2. The zero-order valence-corrected chi connectivity index (χ0v) is 5.03. The van der Waals surface area contributed by atoms with Gasteiger partial charge in [0.25, 0.3) is 0 Å². The highest BCUT2D eigenvalue weighted by atomic mass is 79.9. The summed E-state index contributed by atoms with van der Waals surface area (Å²) in [5.74, 6) is -1.17. The summed E-state index contributed by atoms with van der Waals surface area (Å²) in [5.41, 5.74) is -0.319. The molecule has 0 unspecified atom stereocenters. The Kier molecular flexibility index (Phi) is 2.59. The second-order valence-electron chi connectivity index (χ2n) is 0.917. The zero-order chi connectivity index (χ0) is 5.86. The second-order valence-corrected chi connectivity index (χ2v) is 1.48. The number of carboxylic acid groups (broad SMARTS) is 1. The van der Waals surface area contributed by atoms with Crippen molar-refractivity contribution in [1.29, 1.82) is 5.41 Å². The predicted octanol–water partition coefficient (Wildman–Crippen LogP) is 0.486. The number of aliphatic carboxylic acids is 1. The van der Waals surface area contributed by atoms with Crippen molar-refractivity contribution in [2.24, 2.45) is 0 Å². The summed E-state index contributed by atoms with van der Waals surface area (Å²) in [6.45, 7) is 0. The SMILES string of the molecule is N=C(CBr)C(=O)O. The molecular formula is C3H4BrNO2. The predicted molar refractivity (Wildman–Crippen MR) is 29.2 cm³/mol. The fraction of sp³-hybridized carbons (Fsp3) is 0.333. The molecule has 0 aromatic rings. The minimum Gasteiger partial charge on any atom is -0.477 e. The van der Waals surface area contributed by atoms with Crippen LogP contribution in [0, 0.1) is 5.41 Å². The van der Waals surface area contributed by atoms with Gasteiger partial charge in [0.2, 0.25) is 0 Å². The van der Waals surface area contributed by atoms with Gasteiger partial charge in [-0.15, -0.1) is 0 Å². The Morgan fingerprint density at radius 2 is 2.29 bits per heavy atom. The molecule has 0 radical (unpaired) electrons. The summed E-state index contributed by atoms with van der Waals surface area (Å²) in [6.07, 6.45) is 0. The molecule has 0 saturated carbocycles. The van der Waals surface area contributed by atoms with Crippen molar-refractivity contribution in [3.63, 3.8) is 0 Å². The molecule has 0 aromatic carbocycles. The first-order valence-electron chi connectivity index (χ1n) is 1.55. The third-order valence-electron chi connectivity index (χ3n) is 0.392. The number of hydrogen-bond acceptors (Lipinski definition) is 2. The number of nitrogens with one attached hydrogen (secondary N) is 1. The lowest BCUT2D eigenvalue weighted by Crippen LogP contribution is -2.11. The highest BCUT2D eigenvalue weighted by Gasteiger charge is 2.00. The molecule has 4 heteroatoms. The van der Waals surface area contributed by atoms with Crippen molar-refractivity contribution >= 4 is 27.6 Å². The lowest BCUT2D eigenvalue weighted by molar-refractivity contribution is -0.129. The van der Waals surface area contributed by atoms with Crippen molar-refractivity contribution in [2.75, 3.05) is 5.33 Å². The summed E-state index contributed by atoms with van der Waals surface area (Å²) in [6, 6.07) is 0. The maximum absolute atomic E-state index is 9.68. The lowest BCUT2D eigenvalue weighted by Gasteiger charge is -1.84. The van der Waals surface area contributed by atoms with Gasteiger partial charge in [-0.2, -0.15) is 0 Å². The van der Waals surface area contributed by atoms with Crippen LogP contribution in [0.3, 0.4) is 0 Å². The van der Waals surface area contributed by atoms with Crippen molar-refractivity contribution in [1.82, 2.24) is 0 Å². The van der Waals surface area contributed by atoms with Crippen LogP contribution in [0.5, 0.6) is 0 Å². The number of halogens is 1. The average Bonchev–Trinajstić information content (AvgIpc) is 1.65. The number of carboxylic acids is 1. The minimum atomic E-state index is -1.17. The number of alkyl halides is 1. The fourth-order valence-corrected chi connectivity index (χ4v) is 0.297. The fourth-order valence-electron chi connectivity index (χ4n) is 0.0572. The highest BCUT2D eigenvalue weighted by Crippen LogP contribution is 1.80. The van der Waals surface area contributed by atoms with E-state index in [0.29, 0.717) is 0 Å². The molecule has 7 heavy (non-hydrogen) atoms. The van der Waals surface area contributed by atoms with E-state index in [4.69, 9.17) is 10.5 Å². The van der Waals surface area contributed by atoms with Crippen LogP contribution >= 0.6 is 15.9 Å². The standard InChI is InChI=1S/C3H4BrNO2/c4-1-2(5)3(6)7/h5H,1H2,(H,6,7). The minimum absolute atomic E-state index is 0.113. The van der Waals surface area contributed by atoms with Gasteiger partial charge in [-0.1, -0.05) is 15.9 Å². The number of carbonyl (C=O) groups is 1. The van der Waals surface area contributed by atoms with Gasteiger partial charge in [0.05, 0.1) is 5.33 Å². The van der Waals surface area contributed by atoms with Gasteiger partial charge in [0.15, 0.2) is 0 Å². The highest BCUT2D eigenvalue weighted by molar-refractivity contribution is 9.09. The van der Waals surface area contributed by atoms with Crippen molar-refractivity contribution in [3.05, 3.63) is 0 Å². The Hall–Kier alpha value is -0.380. The summed E-state index contributed by atoms with van der Waals surface area (Å²) in [5, 5.41) is 14.6. The summed E-state index contributed by atoms with van der Waals surface area (Å²) in [7, 11) is 0. The molecule has 0 saturated heterocycles. The van der Waals surface area contributed by atoms with E-state index < -0.39 is 5.97 Å². The van der Waals surface area contributed by atoms with E-state index in [-0.39, 0.29) is 11.0 Å². The van der Waals surface area contributed by atoms with Crippen LogP contribution in [0.2, 0.25) is 0 Å². The Bertz CT molecular complexity index is 101. The first-order valence-corrected chi connectivity index (χ1v) is 2.67. The summed E-state index contributed by atoms with van der Waals surface area (Å²) < 4.78 is 0. The quantitative estimate of drug-likeness (QED) is 0.463. The van der Waals surface area contributed by atoms with Crippen LogP contribution in [0.4, 0.5) is 0 Å². The Morgan fingerprint density at radius 3 is 2.29 bits per heavy atom. The molecule has 0 atom stereocenters. The van der Waals surface area contributed by atoms with E-state index in [0.717, 1.165) is 0 Å². The molecule has 40 valence electrons. The molecule has 0 aromatic heterocycles. The van der Waals surface area contributed by atoms with Crippen LogP contribution in [0.15, 0.2) is 0 Å². The molecule has 0 bridgehead atoms. The molecule has 0 fully saturated rings. The van der Waals surface area contributed by atoms with Crippen LogP contribution in [0.1, 0.15) is 0 Å². The van der Waals surface area contributed by atoms with Crippen molar-refractivity contribution < 1.29 is 9.90 Å². The molecule has 0 aliphatic heterocycles. The van der Waals surface area contributed by atoms with Crippen molar-refractivity contribution in [3.8, 4) is 0 Å². The van der Waals surface area contributed by atoms with Crippen LogP contribution in [-0.4, -0.2) is 22.1 Å². The van der Waals surface area contributed by atoms with E-state index in [9.17, 15) is 4.79 Å². The van der Waals surface area contributed by atoms with Gasteiger partial charge < -0.3 is 5.11 Å². The van der Waals surface area contributed by atoms with Gasteiger partial charge in [-0.05, 0) is 0 Å². The van der Waals surface area contributed by atoms with Gasteiger partial charge >= 0.3 is 5.97 Å². The maximum atomic E-state index is 9.68. The van der Waals surface area contributed by atoms with Crippen LogP contribution in [0.25, 0.3) is 0 Å². The van der Waals surface area contributed by atoms with Crippen LogP contribution in [-0.2, 0) is 4.79 Å². The molecule has 0 rings (SSSR count). The molecule has 0 aliphatic rings. The van der Waals surface area contributed by atoms with Gasteiger partial charge in [-0.25, -0.2) is 4.79 Å². The average molecular weight is 166 g/mol. The molecule has 2 N–H and O–H groups in total. The van der Waals surface area contributed by atoms with Gasteiger partial charge in [0.1, 0.15) is 5.71 Å². The molecule has 0 aliphatic carbocycles. The maximum Gasteiger partial charge on any atom is 0.350 e. The Balaban J connectivity index is 3.58. The first kappa shape index (κ1) is 6.62. The second kappa shape index (κ2) is 2.74. The van der Waals surface area contributed by atoms with E-state index in [1.54, 1.807) is 0 Å². The van der Waals surface area contributed by atoms with Crippen LogP contribution < -0.4 is 0 Å². The van der Waals surface area contributed by atoms with Gasteiger partial charge in [-0.3, -0.25) is 5.41 Å². The topological polar surface area (TPSA) is 61.2 Å². The molecule has 0 spiro atoms. The van der Waals surface area contributed by atoms with E-state index >= 15 is 0 Å². The largest absolute Gasteiger partial charge is 0.477 e. The Morgan fingerprint density at radius 1 is 1.86 bits per heavy atom. The monoisotopic (exact) mass is 165 g/mol. The smallest absolute Gasteiger partial charge is 0.350 e. The van der Waals surface area contributed by atoms with E-state index in [1.165, 1.54) is 0 Å². The lowest BCUT2D eigenvalue weighted by atomic mass is 10.5. The third kappa shape index (κ3) is 2.33. The molecule has 3 nitrogen and oxygen atoms in total. The number of hydrogen-bond donors (Lipinski definition) is 2. The van der Waals surface area contributed by atoms with Crippen molar-refractivity contribution in [2.45, 2.75) is 0 Å². The molecule has 0 heterocycles. The van der Waals surface area contributed by atoms with Gasteiger partial charge in [0, 0.05) is 0 Å². The normalized spacial score (nSPS) is 8.14. The first-order chi connectivity index (χ1) is 3.18. The zero-order valence-electron chi connectivity index (χ0n) is 3.44. The third-order valence-corrected chi connectivity index (χ3v) is 0.953. The molecular weight excluding hydrogens is 162 g/mol.